The van der Waals surface area contributed by atoms with Gasteiger partial charge in [-0.2, -0.15) is 5.10 Å². The lowest BCUT2D eigenvalue weighted by atomic mass is 10.1. The number of carbonyl (C=O) groups excluding carboxylic acids is 1. The molecule has 2 heterocycles. The quantitative estimate of drug-likeness (QED) is 0.839. The molecule has 1 aliphatic heterocycles. The predicted molar refractivity (Wildman–Crippen MR) is 89.1 cm³/mol. The molecule has 1 atom stereocenters. The van der Waals surface area contributed by atoms with E-state index in [0.29, 0.717) is 12.1 Å². The van der Waals surface area contributed by atoms with Crippen molar-refractivity contribution in [1.29, 1.82) is 0 Å². The highest BCUT2D eigenvalue weighted by Gasteiger charge is 2.31. The molecule has 22 heavy (non-hydrogen) atoms. The van der Waals surface area contributed by atoms with Crippen LogP contribution in [0.25, 0.3) is 0 Å². The smallest absolute Gasteiger partial charge is 0.257 e. The van der Waals surface area contributed by atoms with E-state index in [9.17, 15) is 4.79 Å². The van der Waals surface area contributed by atoms with Gasteiger partial charge in [-0.05, 0) is 33.6 Å². The topological polar surface area (TPSA) is 41.4 Å². The fourth-order valence-electron chi connectivity index (χ4n) is 3.36. The summed E-state index contributed by atoms with van der Waals surface area (Å²) in [5.41, 5.74) is 1.76. The summed E-state index contributed by atoms with van der Waals surface area (Å²) in [6, 6.07) is 1.000. The number of rotatable bonds is 5. The zero-order valence-corrected chi connectivity index (χ0v) is 14.7. The molecule has 0 radical (unpaired) electrons. The third-order valence-corrected chi connectivity index (χ3v) is 4.72. The molecule has 1 aliphatic rings. The Morgan fingerprint density at radius 1 is 1.36 bits per heavy atom. The Kier molecular flexibility index (Phi) is 5.62. The molecule has 5 heteroatoms. The fraction of sp³-hybridized carbons (Fsp3) is 0.765. The van der Waals surface area contributed by atoms with Crippen molar-refractivity contribution in [2.75, 3.05) is 19.6 Å². The molecule has 1 aromatic heterocycles. The average molecular weight is 306 g/mol. The van der Waals surface area contributed by atoms with Crippen molar-refractivity contribution < 1.29 is 4.79 Å². The number of carbonyl (C=O) groups is 1. The van der Waals surface area contributed by atoms with Crippen LogP contribution in [0.4, 0.5) is 0 Å². The Labute approximate surface area is 134 Å². The molecule has 1 amide bonds. The second kappa shape index (κ2) is 7.27. The maximum absolute atomic E-state index is 12.8. The van der Waals surface area contributed by atoms with Crippen molar-refractivity contribution in [1.82, 2.24) is 19.6 Å². The van der Waals surface area contributed by atoms with E-state index in [1.807, 2.05) is 16.5 Å². The summed E-state index contributed by atoms with van der Waals surface area (Å²) in [7, 11) is 0. The van der Waals surface area contributed by atoms with Crippen LogP contribution < -0.4 is 0 Å². The summed E-state index contributed by atoms with van der Waals surface area (Å²) in [4.78, 5) is 17.3. The van der Waals surface area contributed by atoms with Crippen molar-refractivity contribution in [3.05, 3.63) is 17.5 Å². The van der Waals surface area contributed by atoms with Crippen LogP contribution in [0.5, 0.6) is 0 Å². The van der Waals surface area contributed by atoms with Crippen molar-refractivity contribution in [2.24, 2.45) is 0 Å². The van der Waals surface area contributed by atoms with Crippen molar-refractivity contribution in [3.8, 4) is 0 Å². The molecule has 1 aromatic rings. The van der Waals surface area contributed by atoms with E-state index < -0.39 is 0 Å². The molecule has 0 N–H and O–H groups in total. The van der Waals surface area contributed by atoms with Gasteiger partial charge in [-0.3, -0.25) is 14.4 Å². The molecule has 0 aromatic carbocycles. The van der Waals surface area contributed by atoms with Crippen LogP contribution in [0, 0.1) is 6.92 Å². The largest absolute Gasteiger partial charge is 0.336 e. The van der Waals surface area contributed by atoms with Crippen molar-refractivity contribution in [3.63, 3.8) is 0 Å². The Balaban J connectivity index is 2.10. The third kappa shape index (κ3) is 3.35. The Morgan fingerprint density at radius 2 is 2.09 bits per heavy atom. The number of hydrogen-bond acceptors (Lipinski definition) is 3. The molecule has 0 saturated carbocycles. The monoisotopic (exact) mass is 306 g/mol. The summed E-state index contributed by atoms with van der Waals surface area (Å²) >= 11 is 0. The lowest BCUT2D eigenvalue weighted by molar-refractivity contribution is 0.0371. The van der Waals surface area contributed by atoms with Gasteiger partial charge < -0.3 is 4.90 Å². The van der Waals surface area contributed by atoms with Gasteiger partial charge in [-0.15, -0.1) is 0 Å². The molecule has 2 rings (SSSR count). The van der Waals surface area contributed by atoms with Gasteiger partial charge in [0.15, 0.2) is 0 Å². The highest BCUT2D eigenvalue weighted by atomic mass is 16.2. The second-order valence-electron chi connectivity index (χ2n) is 6.51. The minimum Gasteiger partial charge on any atom is -0.336 e. The van der Waals surface area contributed by atoms with Gasteiger partial charge in [-0.1, -0.05) is 13.8 Å². The van der Waals surface area contributed by atoms with Crippen LogP contribution in [-0.2, 0) is 6.54 Å². The van der Waals surface area contributed by atoms with E-state index in [0.717, 1.165) is 50.3 Å². The predicted octanol–water partition coefficient (Wildman–Crippen LogP) is 2.55. The van der Waals surface area contributed by atoms with Gasteiger partial charge in [0.05, 0.1) is 11.8 Å². The first-order chi connectivity index (χ1) is 10.5. The van der Waals surface area contributed by atoms with E-state index in [1.165, 1.54) is 0 Å². The standard InChI is InChI=1S/C17H30N4O/c1-6-8-21-14(5)16(11-18-21)17(22)19-9-10-20(13(3)4)15(7-2)12-19/h11,13,15H,6-10,12H2,1-5H3/t15-/m1/s1. The summed E-state index contributed by atoms with van der Waals surface area (Å²) in [6.45, 7) is 14.3. The number of nitrogens with zero attached hydrogens (tertiary/aromatic N) is 4. The van der Waals surface area contributed by atoms with Crippen LogP contribution in [0.15, 0.2) is 6.20 Å². The molecule has 0 bridgehead atoms. The molecule has 1 saturated heterocycles. The minimum atomic E-state index is 0.140. The Morgan fingerprint density at radius 3 is 2.68 bits per heavy atom. The van der Waals surface area contributed by atoms with Gasteiger partial charge in [0, 0.05) is 44.0 Å². The average Bonchev–Trinajstić information content (AvgIpc) is 2.87. The van der Waals surface area contributed by atoms with Crippen molar-refractivity contribution in [2.45, 2.75) is 66.1 Å². The van der Waals surface area contributed by atoms with Crippen LogP contribution in [0.2, 0.25) is 0 Å². The number of piperazine rings is 1. The highest BCUT2D eigenvalue weighted by molar-refractivity contribution is 5.95. The first kappa shape index (κ1) is 17.0. The lowest BCUT2D eigenvalue weighted by Crippen LogP contribution is -2.56. The number of amides is 1. The molecule has 0 spiro atoms. The summed E-state index contributed by atoms with van der Waals surface area (Å²) in [6.07, 6.45) is 3.85. The van der Waals surface area contributed by atoms with Crippen LogP contribution >= 0.6 is 0 Å². The third-order valence-electron chi connectivity index (χ3n) is 4.72. The molecule has 0 aliphatic carbocycles. The van der Waals surface area contributed by atoms with E-state index >= 15 is 0 Å². The maximum Gasteiger partial charge on any atom is 0.257 e. The van der Waals surface area contributed by atoms with E-state index in [4.69, 9.17) is 0 Å². The molecule has 0 unspecified atom stereocenters. The van der Waals surface area contributed by atoms with Crippen LogP contribution in [-0.4, -0.2) is 57.2 Å². The van der Waals surface area contributed by atoms with E-state index in [2.05, 4.69) is 37.7 Å². The van der Waals surface area contributed by atoms with Crippen LogP contribution in [0.1, 0.15) is 56.6 Å². The zero-order valence-electron chi connectivity index (χ0n) is 14.7. The normalized spacial score (nSPS) is 19.9. The summed E-state index contributed by atoms with van der Waals surface area (Å²) in [5, 5.41) is 4.36. The maximum atomic E-state index is 12.8. The lowest BCUT2D eigenvalue weighted by Gasteiger charge is -2.43. The van der Waals surface area contributed by atoms with Crippen LogP contribution in [0.3, 0.4) is 0 Å². The number of aryl methyl sites for hydroxylation is 1. The molecule has 1 fully saturated rings. The minimum absolute atomic E-state index is 0.140. The summed E-state index contributed by atoms with van der Waals surface area (Å²) in [5.74, 6) is 0.140. The first-order valence-electron chi connectivity index (χ1n) is 8.56. The Hall–Kier alpha value is -1.36. The molecular weight excluding hydrogens is 276 g/mol. The second-order valence-corrected chi connectivity index (χ2v) is 6.51. The van der Waals surface area contributed by atoms with Gasteiger partial charge >= 0.3 is 0 Å². The molecule has 124 valence electrons. The van der Waals surface area contributed by atoms with E-state index in [1.54, 1.807) is 6.20 Å². The number of aromatic nitrogens is 2. The van der Waals surface area contributed by atoms with Gasteiger partial charge in [0.25, 0.3) is 5.91 Å². The highest BCUT2D eigenvalue weighted by Crippen LogP contribution is 2.19. The van der Waals surface area contributed by atoms with Gasteiger partial charge in [-0.25, -0.2) is 0 Å². The SMILES string of the molecule is CCCn1ncc(C(=O)N2CCN(C(C)C)[C@H](CC)C2)c1C. The first-order valence-corrected chi connectivity index (χ1v) is 8.56. The van der Waals surface area contributed by atoms with Gasteiger partial charge in [0.2, 0.25) is 0 Å². The van der Waals surface area contributed by atoms with E-state index in [-0.39, 0.29) is 5.91 Å². The number of hydrogen-bond donors (Lipinski definition) is 0. The van der Waals surface area contributed by atoms with Gasteiger partial charge in [0.1, 0.15) is 0 Å². The summed E-state index contributed by atoms with van der Waals surface area (Å²) < 4.78 is 1.94. The molecular formula is C17H30N4O. The fourth-order valence-corrected chi connectivity index (χ4v) is 3.36. The zero-order chi connectivity index (χ0) is 16.3. The Bertz CT molecular complexity index is 509. The molecule has 5 nitrogen and oxygen atoms in total. The van der Waals surface area contributed by atoms with Crippen molar-refractivity contribution >= 4 is 5.91 Å².